The molecule has 0 N–H and O–H groups in total. The number of anilines is 1. The molecule has 152 valence electrons. The number of aromatic nitrogens is 2. The Morgan fingerprint density at radius 2 is 1.69 bits per heavy atom. The highest BCUT2D eigenvalue weighted by molar-refractivity contribution is 7.20. The van der Waals surface area contributed by atoms with E-state index in [1.54, 1.807) is 13.1 Å². The van der Waals surface area contributed by atoms with E-state index in [1.165, 1.54) is 39.8 Å². The summed E-state index contributed by atoms with van der Waals surface area (Å²) in [5, 5.41) is 0.414. The smallest absolute Gasteiger partial charge is 0.331 e. The van der Waals surface area contributed by atoms with Crippen LogP contribution in [0.5, 0.6) is 0 Å². The number of aryl methyl sites for hydroxylation is 2. The molecular weight excluding hydrogens is 388 g/mol. The van der Waals surface area contributed by atoms with Crippen molar-refractivity contribution in [3.8, 4) is 0 Å². The molecule has 1 aliphatic heterocycles. The zero-order valence-electron chi connectivity index (χ0n) is 17.1. The minimum absolute atomic E-state index is 0.0821. The predicted molar refractivity (Wildman–Crippen MR) is 116 cm³/mol. The molecule has 3 aromatic rings. The molecule has 0 spiro atoms. The Balaban J connectivity index is 1.57. The predicted octanol–water partition coefficient (Wildman–Crippen LogP) is 1.88. The summed E-state index contributed by atoms with van der Waals surface area (Å²) in [7, 11) is 3.08. The first-order valence-electron chi connectivity index (χ1n) is 9.59. The van der Waals surface area contributed by atoms with Crippen molar-refractivity contribution in [3.63, 3.8) is 0 Å². The van der Waals surface area contributed by atoms with Gasteiger partial charge in [-0.05, 0) is 37.1 Å². The van der Waals surface area contributed by atoms with E-state index < -0.39 is 0 Å². The standard InChI is InChI=1S/C21H24N4O3S/c1-13-6-5-7-16(14(13)2)24-8-10-25(11-9-24)19(27)17-12-15-18(26)22(3)21(28)23(4)20(15)29-17/h5-7,12H,8-11H2,1-4H3. The van der Waals surface area contributed by atoms with E-state index in [0.29, 0.717) is 28.2 Å². The maximum absolute atomic E-state index is 13.0. The molecule has 0 radical (unpaired) electrons. The Morgan fingerprint density at radius 1 is 1.00 bits per heavy atom. The molecule has 29 heavy (non-hydrogen) atoms. The third-order valence-electron chi connectivity index (χ3n) is 5.82. The summed E-state index contributed by atoms with van der Waals surface area (Å²) in [4.78, 5) is 42.8. The Morgan fingerprint density at radius 3 is 2.38 bits per heavy atom. The van der Waals surface area contributed by atoms with E-state index in [0.717, 1.165) is 17.7 Å². The summed E-state index contributed by atoms with van der Waals surface area (Å²) in [6, 6.07) is 7.93. The lowest BCUT2D eigenvalue weighted by molar-refractivity contribution is 0.0751. The van der Waals surface area contributed by atoms with Crippen LogP contribution < -0.4 is 16.1 Å². The van der Waals surface area contributed by atoms with Gasteiger partial charge < -0.3 is 9.80 Å². The molecule has 1 aromatic carbocycles. The monoisotopic (exact) mass is 412 g/mol. The van der Waals surface area contributed by atoms with Gasteiger partial charge >= 0.3 is 5.69 Å². The van der Waals surface area contributed by atoms with Crippen LogP contribution in [0.1, 0.15) is 20.8 Å². The lowest BCUT2D eigenvalue weighted by Gasteiger charge is -2.36. The van der Waals surface area contributed by atoms with E-state index in [9.17, 15) is 14.4 Å². The number of hydrogen-bond acceptors (Lipinski definition) is 5. The third-order valence-corrected chi connectivity index (χ3v) is 7.02. The number of nitrogens with zero attached hydrogens (tertiary/aromatic N) is 4. The zero-order chi connectivity index (χ0) is 20.9. The van der Waals surface area contributed by atoms with Gasteiger partial charge in [0, 0.05) is 46.0 Å². The fraction of sp³-hybridized carbons (Fsp3) is 0.381. The van der Waals surface area contributed by atoms with Crippen LogP contribution in [0.4, 0.5) is 5.69 Å². The van der Waals surface area contributed by atoms with Crippen molar-refractivity contribution in [2.24, 2.45) is 14.1 Å². The molecule has 8 heteroatoms. The molecule has 1 fully saturated rings. The fourth-order valence-corrected chi connectivity index (χ4v) is 4.93. The number of hydrogen-bond donors (Lipinski definition) is 0. The number of carbonyl (C=O) groups is 1. The van der Waals surface area contributed by atoms with Crippen molar-refractivity contribution in [1.29, 1.82) is 0 Å². The van der Waals surface area contributed by atoms with E-state index >= 15 is 0 Å². The fourth-order valence-electron chi connectivity index (χ4n) is 3.85. The van der Waals surface area contributed by atoms with E-state index in [1.807, 2.05) is 4.90 Å². The summed E-state index contributed by atoms with van der Waals surface area (Å²) in [5.74, 6) is -0.0821. The molecule has 2 aromatic heterocycles. The van der Waals surface area contributed by atoms with Crippen LogP contribution in [0.25, 0.3) is 10.2 Å². The summed E-state index contributed by atoms with van der Waals surface area (Å²) >= 11 is 1.21. The van der Waals surface area contributed by atoms with Gasteiger partial charge in [0.15, 0.2) is 0 Å². The first-order chi connectivity index (χ1) is 13.8. The lowest BCUT2D eigenvalue weighted by Crippen LogP contribution is -2.48. The first kappa shape index (κ1) is 19.4. The molecule has 0 aliphatic carbocycles. The number of piperazine rings is 1. The van der Waals surface area contributed by atoms with Gasteiger partial charge in [-0.2, -0.15) is 0 Å². The second-order valence-corrected chi connectivity index (χ2v) is 8.56. The van der Waals surface area contributed by atoms with Gasteiger partial charge in [-0.15, -0.1) is 11.3 Å². The van der Waals surface area contributed by atoms with Crippen LogP contribution in [0.3, 0.4) is 0 Å². The van der Waals surface area contributed by atoms with Crippen molar-refractivity contribution >= 4 is 33.1 Å². The van der Waals surface area contributed by atoms with E-state index in [-0.39, 0.29) is 17.2 Å². The van der Waals surface area contributed by atoms with E-state index in [2.05, 4.69) is 36.9 Å². The molecular formula is C21H24N4O3S. The number of thiophene rings is 1. The van der Waals surface area contributed by atoms with Crippen LogP contribution in [-0.2, 0) is 14.1 Å². The maximum Gasteiger partial charge on any atom is 0.331 e. The summed E-state index contributed by atoms with van der Waals surface area (Å²) in [6.45, 7) is 7.01. The van der Waals surface area contributed by atoms with Gasteiger partial charge in [-0.25, -0.2) is 4.79 Å². The van der Waals surface area contributed by atoms with E-state index in [4.69, 9.17) is 0 Å². The van der Waals surface area contributed by atoms with Crippen LogP contribution in [0.15, 0.2) is 33.9 Å². The van der Waals surface area contributed by atoms with Gasteiger partial charge in [-0.3, -0.25) is 18.7 Å². The molecule has 0 unspecified atom stereocenters. The molecule has 1 aliphatic rings. The zero-order valence-corrected chi connectivity index (χ0v) is 17.9. The number of rotatable bonds is 2. The minimum atomic E-state index is -0.384. The molecule has 3 heterocycles. The maximum atomic E-state index is 13.0. The van der Waals surface area contributed by atoms with Crippen molar-refractivity contribution in [2.75, 3.05) is 31.1 Å². The second-order valence-electron chi connectivity index (χ2n) is 7.53. The number of carbonyl (C=O) groups excluding carboxylic acids is 1. The highest BCUT2D eigenvalue weighted by atomic mass is 32.1. The Labute approximate surface area is 172 Å². The molecule has 7 nitrogen and oxygen atoms in total. The van der Waals surface area contributed by atoms with Gasteiger partial charge in [-0.1, -0.05) is 12.1 Å². The number of amides is 1. The van der Waals surface area contributed by atoms with Crippen molar-refractivity contribution in [3.05, 3.63) is 61.1 Å². The lowest BCUT2D eigenvalue weighted by atomic mass is 10.1. The SMILES string of the molecule is Cc1cccc(N2CCN(C(=O)c3cc4c(=O)n(C)c(=O)n(C)c4s3)CC2)c1C. The minimum Gasteiger partial charge on any atom is -0.368 e. The number of benzene rings is 1. The van der Waals surface area contributed by atoms with Crippen molar-refractivity contribution < 1.29 is 4.79 Å². The van der Waals surface area contributed by atoms with Gasteiger partial charge in [0.25, 0.3) is 11.5 Å². The molecule has 1 saturated heterocycles. The molecule has 0 saturated carbocycles. The van der Waals surface area contributed by atoms with Crippen LogP contribution in [0.2, 0.25) is 0 Å². The van der Waals surface area contributed by atoms with Crippen LogP contribution in [-0.4, -0.2) is 46.1 Å². The van der Waals surface area contributed by atoms with Crippen LogP contribution in [0, 0.1) is 13.8 Å². The Bertz CT molecular complexity index is 1230. The largest absolute Gasteiger partial charge is 0.368 e. The molecule has 4 rings (SSSR count). The highest BCUT2D eigenvalue weighted by Gasteiger charge is 2.25. The molecule has 1 amide bonds. The second kappa shape index (κ2) is 7.18. The summed E-state index contributed by atoms with van der Waals surface area (Å²) < 4.78 is 2.50. The normalized spacial score (nSPS) is 14.6. The topological polar surface area (TPSA) is 67.6 Å². The van der Waals surface area contributed by atoms with Crippen molar-refractivity contribution in [1.82, 2.24) is 14.0 Å². The highest BCUT2D eigenvalue weighted by Crippen LogP contribution is 2.26. The number of fused-ring (bicyclic) bond motifs is 1. The summed E-state index contributed by atoms with van der Waals surface area (Å²) in [5.41, 5.74) is 3.01. The van der Waals surface area contributed by atoms with Gasteiger partial charge in [0.05, 0.1) is 10.3 Å². The Hall–Kier alpha value is -2.87. The molecule has 0 bridgehead atoms. The summed E-state index contributed by atoms with van der Waals surface area (Å²) in [6.07, 6.45) is 0. The first-order valence-corrected chi connectivity index (χ1v) is 10.4. The quantitative estimate of drug-likeness (QED) is 0.645. The van der Waals surface area contributed by atoms with Crippen LogP contribution >= 0.6 is 11.3 Å². The van der Waals surface area contributed by atoms with Gasteiger partial charge in [0.2, 0.25) is 0 Å². The third kappa shape index (κ3) is 3.17. The average molecular weight is 413 g/mol. The van der Waals surface area contributed by atoms with Crippen molar-refractivity contribution in [2.45, 2.75) is 13.8 Å². The van der Waals surface area contributed by atoms with Gasteiger partial charge in [0.1, 0.15) is 4.83 Å². The molecule has 0 atom stereocenters. The Kier molecular flexibility index (Phi) is 4.82. The average Bonchev–Trinajstić information content (AvgIpc) is 3.18.